The van der Waals surface area contributed by atoms with Crippen molar-refractivity contribution in [2.24, 2.45) is 0 Å². The normalized spacial score (nSPS) is 11.6. The summed E-state index contributed by atoms with van der Waals surface area (Å²) in [6.07, 6.45) is -4.19. The molecular weight excluding hydrogens is 179 g/mol. The number of alkyl halides is 3. The average molecular weight is 188 g/mol. The van der Waals surface area contributed by atoms with Crippen LogP contribution in [-0.4, -0.2) is 12.7 Å². The summed E-state index contributed by atoms with van der Waals surface area (Å²) in [6.45, 7) is -0.942. The van der Waals surface area contributed by atoms with Crippen LogP contribution in [0.1, 0.15) is 5.56 Å². The summed E-state index contributed by atoms with van der Waals surface area (Å²) in [7, 11) is 0. The molecule has 0 N–H and O–H groups in total. The van der Waals surface area contributed by atoms with Gasteiger partial charge >= 0.3 is 6.18 Å². The minimum atomic E-state index is -4.19. The number of benzene rings is 1. The lowest BCUT2D eigenvalue weighted by atomic mass is 10.2. The molecule has 0 saturated carbocycles. The predicted octanol–water partition coefficient (Wildman–Crippen LogP) is 3.12. The Labute approximate surface area is 74.6 Å². The van der Waals surface area contributed by atoms with E-state index in [9.17, 15) is 13.2 Å². The lowest BCUT2D eigenvalue weighted by Crippen LogP contribution is -2.13. The molecular formula is C9H9F3N-. The first-order chi connectivity index (χ1) is 6.08. The zero-order valence-corrected chi connectivity index (χ0v) is 6.88. The van der Waals surface area contributed by atoms with Crippen LogP contribution in [0.4, 0.5) is 13.2 Å². The van der Waals surface area contributed by atoms with Crippen molar-refractivity contribution in [1.82, 2.24) is 0 Å². The van der Waals surface area contributed by atoms with Gasteiger partial charge in [-0.1, -0.05) is 42.4 Å². The van der Waals surface area contributed by atoms with Gasteiger partial charge in [0.2, 0.25) is 0 Å². The lowest BCUT2D eigenvalue weighted by Gasteiger charge is -2.20. The van der Waals surface area contributed by atoms with Crippen LogP contribution in [0.5, 0.6) is 0 Å². The number of halogens is 3. The van der Waals surface area contributed by atoms with Gasteiger partial charge in [0.1, 0.15) is 0 Å². The smallest absolute Gasteiger partial charge is 0.371 e. The second kappa shape index (κ2) is 4.28. The molecule has 0 aliphatic carbocycles. The van der Waals surface area contributed by atoms with Crippen LogP contribution >= 0.6 is 0 Å². The summed E-state index contributed by atoms with van der Waals surface area (Å²) >= 11 is 0. The highest BCUT2D eigenvalue weighted by Gasteiger charge is 2.20. The van der Waals surface area contributed by atoms with Crippen molar-refractivity contribution in [2.75, 3.05) is 6.54 Å². The first kappa shape index (κ1) is 10.1. The Morgan fingerprint density at radius 1 is 1.08 bits per heavy atom. The minimum absolute atomic E-state index is 0.125. The first-order valence-corrected chi connectivity index (χ1v) is 3.82. The van der Waals surface area contributed by atoms with Crippen molar-refractivity contribution in [3.8, 4) is 0 Å². The Bertz CT molecular complexity index is 243. The Balaban J connectivity index is 2.29. The second-order valence-electron chi connectivity index (χ2n) is 2.64. The van der Waals surface area contributed by atoms with E-state index >= 15 is 0 Å². The molecule has 1 aromatic carbocycles. The highest BCUT2D eigenvalue weighted by Crippen LogP contribution is 2.18. The van der Waals surface area contributed by atoms with Crippen LogP contribution in [0.2, 0.25) is 0 Å². The van der Waals surface area contributed by atoms with E-state index in [0.29, 0.717) is 0 Å². The zero-order chi connectivity index (χ0) is 9.73. The molecule has 0 unspecified atom stereocenters. The maximum Gasteiger partial charge on any atom is 0.371 e. The average Bonchev–Trinajstić information content (AvgIpc) is 2.04. The summed E-state index contributed by atoms with van der Waals surface area (Å²) in [6, 6.07) is 8.86. The third kappa shape index (κ3) is 4.52. The summed E-state index contributed by atoms with van der Waals surface area (Å²) in [5, 5.41) is 3.39. The van der Waals surface area contributed by atoms with Gasteiger partial charge in [-0.2, -0.15) is 13.2 Å². The summed E-state index contributed by atoms with van der Waals surface area (Å²) in [5.41, 5.74) is 0.798. The number of hydrogen-bond donors (Lipinski definition) is 0. The maximum atomic E-state index is 11.7. The molecule has 0 aromatic heterocycles. The van der Waals surface area contributed by atoms with Crippen molar-refractivity contribution in [3.05, 3.63) is 41.2 Å². The molecule has 0 amide bonds. The molecule has 1 rings (SSSR count). The number of rotatable bonds is 3. The molecule has 0 atom stereocenters. The Morgan fingerprint density at radius 3 is 2.23 bits per heavy atom. The van der Waals surface area contributed by atoms with E-state index in [1.165, 1.54) is 0 Å². The molecule has 72 valence electrons. The lowest BCUT2D eigenvalue weighted by molar-refractivity contribution is -0.113. The van der Waals surface area contributed by atoms with E-state index in [4.69, 9.17) is 0 Å². The molecule has 4 heteroatoms. The van der Waals surface area contributed by atoms with Gasteiger partial charge in [-0.3, -0.25) is 0 Å². The van der Waals surface area contributed by atoms with Crippen LogP contribution < -0.4 is 0 Å². The van der Waals surface area contributed by atoms with Gasteiger partial charge in [-0.15, -0.1) is 6.54 Å². The molecule has 1 nitrogen and oxygen atoms in total. The largest absolute Gasteiger partial charge is 0.651 e. The molecule has 0 aliphatic heterocycles. The first-order valence-electron chi connectivity index (χ1n) is 3.82. The number of hydrogen-bond acceptors (Lipinski definition) is 0. The van der Waals surface area contributed by atoms with Gasteiger partial charge in [0.05, 0.1) is 0 Å². The van der Waals surface area contributed by atoms with E-state index in [2.05, 4.69) is 5.32 Å². The van der Waals surface area contributed by atoms with Crippen molar-refractivity contribution < 1.29 is 13.2 Å². The van der Waals surface area contributed by atoms with Crippen LogP contribution in [0.25, 0.3) is 5.32 Å². The summed E-state index contributed by atoms with van der Waals surface area (Å²) in [4.78, 5) is 0. The summed E-state index contributed by atoms with van der Waals surface area (Å²) in [5.74, 6) is 0. The quantitative estimate of drug-likeness (QED) is 0.691. The van der Waals surface area contributed by atoms with E-state index in [1.807, 2.05) is 6.07 Å². The number of nitrogens with zero attached hydrogens (tertiary/aromatic N) is 1. The van der Waals surface area contributed by atoms with Crippen LogP contribution in [0, 0.1) is 0 Å². The fourth-order valence-electron chi connectivity index (χ4n) is 0.895. The second-order valence-corrected chi connectivity index (χ2v) is 2.64. The fraction of sp³-hybridized carbons (Fsp3) is 0.333. The zero-order valence-electron chi connectivity index (χ0n) is 6.88. The fourth-order valence-corrected chi connectivity index (χ4v) is 0.895. The molecule has 1 aromatic rings. The minimum Gasteiger partial charge on any atom is -0.651 e. The molecule has 13 heavy (non-hydrogen) atoms. The molecule has 0 radical (unpaired) electrons. The van der Waals surface area contributed by atoms with E-state index < -0.39 is 12.7 Å². The predicted molar refractivity (Wildman–Crippen MR) is 44.4 cm³/mol. The molecule has 0 aliphatic rings. The van der Waals surface area contributed by atoms with Crippen molar-refractivity contribution in [2.45, 2.75) is 12.7 Å². The van der Waals surface area contributed by atoms with Crippen molar-refractivity contribution >= 4 is 0 Å². The highest BCUT2D eigenvalue weighted by molar-refractivity contribution is 5.17. The van der Waals surface area contributed by atoms with Crippen molar-refractivity contribution in [1.29, 1.82) is 0 Å². The van der Waals surface area contributed by atoms with Gasteiger partial charge in [0, 0.05) is 0 Å². The van der Waals surface area contributed by atoms with Gasteiger partial charge < -0.3 is 5.32 Å². The van der Waals surface area contributed by atoms with E-state index in [1.54, 1.807) is 24.3 Å². The van der Waals surface area contributed by atoms with Gasteiger partial charge in [0.15, 0.2) is 0 Å². The van der Waals surface area contributed by atoms with E-state index in [-0.39, 0.29) is 6.54 Å². The highest BCUT2D eigenvalue weighted by atomic mass is 19.4. The standard InChI is InChI=1S/C9H9F3N/c10-9(11,12)7-13-6-8-4-2-1-3-5-8/h1-5H,6-7H2/q-1. The Hall–Kier alpha value is -1.03. The van der Waals surface area contributed by atoms with Gasteiger partial charge in [-0.05, 0) is 0 Å². The van der Waals surface area contributed by atoms with Crippen LogP contribution in [0.3, 0.4) is 0 Å². The van der Waals surface area contributed by atoms with Crippen LogP contribution in [0.15, 0.2) is 30.3 Å². The van der Waals surface area contributed by atoms with Gasteiger partial charge in [-0.25, -0.2) is 0 Å². The monoisotopic (exact) mass is 188 g/mol. The van der Waals surface area contributed by atoms with E-state index in [0.717, 1.165) is 5.56 Å². The van der Waals surface area contributed by atoms with Gasteiger partial charge in [0.25, 0.3) is 0 Å². The molecule has 0 bridgehead atoms. The molecule has 0 spiro atoms. The topological polar surface area (TPSA) is 14.1 Å². The van der Waals surface area contributed by atoms with Crippen molar-refractivity contribution in [3.63, 3.8) is 0 Å². The maximum absolute atomic E-state index is 11.7. The summed E-state index contributed by atoms with van der Waals surface area (Å²) < 4.78 is 35.0. The molecule has 0 heterocycles. The third-order valence-electron chi connectivity index (χ3n) is 1.43. The SMILES string of the molecule is FC(F)(F)C[N-]Cc1ccccc1. The Morgan fingerprint density at radius 2 is 1.69 bits per heavy atom. The molecule has 0 fully saturated rings. The van der Waals surface area contributed by atoms with Crippen LogP contribution in [-0.2, 0) is 6.54 Å². The Kier molecular flexibility index (Phi) is 3.31. The molecule has 0 saturated heterocycles. The third-order valence-corrected chi connectivity index (χ3v) is 1.43.